The third-order valence-corrected chi connectivity index (χ3v) is 5.03. The van der Waals surface area contributed by atoms with E-state index in [1.165, 1.54) is 24.4 Å². The zero-order valence-corrected chi connectivity index (χ0v) is 11.2. The number of aryl methyl sites for hydroxylation is 1. The van der Waals surface area contributed by atoms with Crippen molar-refractivity contribution < 1.29 is 0 Å². The number of aromatic nitrogens is 1. The molecule has 3 atom stereocenters. The van der Waals surface area contributed by atoms with Crippen molar-refractivity contribution in [1.29, 1.82) is 0 Å². The van der Waals surface area contributed by atoms with Crippen LogP contribution in [-0.2, 0) is 6.42 Å². The number of allylic oxidation sites excluding steroid dienone is 2. The maximum absolute atomic E-state index is 4.49. The first kappa shape index (κ1) is 11.4. The van der Waals surface area contributed by atoms with E-state index in [1.54, 1.807) is 11.3 Å². The smallest absolute Gasteiger partial charge is 0.0940 e. The highest BCUT2D eigenvalue weighted by Crippen LogP contribution is 2.42. The van der Waals surface area contributed by atoms with Crippen molar-refractivity contribution in [2.75, 3.05) is 13.1 Å². The van der Waals surface area contributed by atoms with Gasteiger partial charge < -0.3 is 5.32 Å². The minimum Gasteiger partial charge on any atom is -0.316 e. The number of nitrogens with zero attached hydrogens (tertiary/aromatic N) is 1. The lowest BCUT2D eigenvalue weighted by Gasteiger charge is -2.18. The summed E-state index contributed by atoms with van der Waals surface area (Å²) in [5.74, 6) is 2.66. The summed E-state index contributed by atoms with van der Waals surface area (Å²) in [6.45, 7) is 4.33. The summed E-state index contributed by atoms with van der Waals surface area (Å²) in [4.78, 5) is 4.49. The number of nitrogens with one attached hydrogen (secondary N) is 1. The zero-order valence-electron chi connectivity index (χ0n) is 10.4. The molecule has 2 aliphatic carbocycles. The largest absolute Gasteiger partial charge is 0.316 e. The van der Waals surface area contributed by atoms with E-state index >= 15 is 0 Å². The molecule has 1 N–H and O–H groups in total. The molecule has 1 heterocycles. The normalized spacial score (nSPS) is 30.3. The van der Waals surface area contributed by atoms with Crippen LogP contribution >= 0.6 is 11.3 Å². The summed E-state index contributed by atoms with van der Waals surface area (Å²) >= 11 is 1.78. The second-order valence-electron chi connectivity index (χ2n) is 5.38. The first-order valence-corrected chi connectivity index (χ1v) is 7.49. The van der Waals surface area contributed by atoms with Gasteiger partial charge in [0, 0.05) is 24.0 Å². The Hall–Kier alpha value is -0.670. The van der Waals surface area contributed by atoms with Crippen molar-refractivity contribution in [2.45, 2.75) is 26.2 Å². The first-order chi connectivity index (χ1) is 8.31. The maximum atomic E-state index is 4.49. The molecule has 17 heavy (non-hydrogen) atoms. The van der Waals surface area contributed by atoms with Gasteiger partial charge in [0.1, 0.15) is 0 Å². The second-order valence-corrected chi connectivity index (χ2v) is 6.32. The van der Waals surface area contributed by atoms with Gasteiger partial charge in [-0.05, 0) is 44.1 Å². The average molecular weight is 248 g/mol. The summed E-state index contributed by atoms with van der Waals surface area (Å²) in [5.41, 5.74) is 1.16. The van der Waals surface area contributed by atoms with Gasteiger partial charge in [0.15, 0.2) is 0 Å². The van der Waals surface area contributed by atoms with Crippen molar-refractivity contribution >= 4 is 11.3 Å². The minimum absolute atomic E-state index is 0.870. The van der Waals surface area contributed by atoms with Crippen molar-refractivity contribution in [3.8, 4) is 0 Å². The predicted octanol–water partition coefficient (Wildman–Crippen LogP) is 2.80. The number of thiazole rings is 1. The Morgan fingerprint density at radius 2 is 2.35 bits per heavy atom. The van der Waals surface area contributed by atoms with Gasteiger partial charge in [0.2, 0.25) is 0 Å². The maximum Gasteiger partial charge on any atom is 0.0940 e. The molecular formula is C14H20N2S. The van der Waals surface area contributed by atoms with Crippen LogP contribution in [0.1, 0.15) is 23.5 Å². The summed E-state index contributed by atoms with van der Waals surface area (Å²) in [6.07, 6.45) is 8.75. The molecule has 92 valence electrons. The van der Waals surface area contributed by atoms with E-state index < -0.39 is 0 Å². The number of rotatable bonds is 5. The van der Waals surface area contributed by atoms with E-state index in [-0.39, 0.29) is 0 Å². The third-order valence-electron chi connectivity index (χ3n) is 4.01. The van der Waals surface area contributed by atoms with Crippen molar-refractivity contribution in [3.05, 3.63) is 28.2 Å². The van der Waals surface area contributed by atoms with E-state index in [1.807, 2.05) is 0 Å². The van der Waals surface area contributed by atoms with Gasteiger partial charge in [-0.3, -0.25) is 0 Å². The van der Waals surface area contributed by atoms with E-state index in [0.717, 1.165) is 36.4 Å². The summed E-state index contributed by atoms with van der Waals surface area (Å²) in [7, 11) is 0. The van der Waals surface area contributed by atoms with Crippen LogP contribution in [0.25, 0.3) is 0 Å². The van der Waals surface area contributed by atoms with E-state index in [0.29, 0.717) is 0 Å². The van der Waals surface area contributed by atoms with Gasteiger partial charge in [-0.2, -0.15) is 0 Å². The van der Waals surface area contributed by atoms with Crippen LogP contribution in [-0.4, -0.2) is 18.1 Å². The Bertz CT molecular complexity index is 410. The molecule has 3 unspecified atom stereocenters. The predicted molar refractivity (Wildman–Crippen MR) is 72.3 cm³/mol. The quantitative estimate of drug-likeness (QED) is 0.640. The van der Waals surface area contributed by atoms with Crippen LogP contribution < -0.4 is 5.32 Å². The third kappa shape index (κ3) is 2.61. The molecule has 0 radical (unpaired) electrons. The molecule has 0 spiro atoms. The van der Waals surface area contributed by atoms with Crippen LogP contribution in [0.4, 0.5) is 0 Å². The van der Waals surface area contributed by atoms with Crippen molar-refractivity contribution in [2.24, 2.45) is 17.8 Å². The molecule has 3 heteroatoms. The molecule has 3 rings (SSSR count). The molecule has 1 saturated carbocycles. The summed E-state index contributed by atoms with van der Waals surface area (Å²) < 4.78 is 0. The van der Waals surface area contributed by atoms with Crippen LogP contribution in [0.5, 0.6) is 0 Å². The summed E-state index contributed by atoms with van der Waals surface area (Å²) in [5, 5.41) is 7.00. The van der Waals surface area contributed by atoms with E-state index in [4.69, 9.17) is 0 Å². The van der Waals surface area contributed by atoms with E-state index in [2.05, 4.69) is 34.8 Å². The number of hydrogen-bond donors (Lipinski definition) is 1. The van der Waals surface area contributed by atoms with Crippen LogP contribution in [0.3, 0.4) is 0 Å². The molecule has 0 saturated heterocycles. The van der Waals surface area contributed by atoms with Gasteiger partial charge in [-0.15, -0.1) is 11.3 Å². The molecule has 0 aliphatic heterocycles. The van der Waals surface area contributed by atoms with E-state index in [9.17, 15) is 0 Å². The molecular weight excluding hydrogens is 228 g/mol. The molecule has 2 aliphatic rings. The minimum atomic E-state index is 0.870. The molecule has 0 amide bonds. The lowest BCUT2D eigenvalue weighted by atomic mass is 9.94. The number of fused-ring (bicyclic) bond motifs is 2. The Balaban J connectivity index is 1.37. The zero-order chi connectivity index (χ0) is 11.7. The van der Waals surface area contributed by atoms with Crippen LogP contribution in [0.2, 0.25) is 0 Å². The summed E-state index contributed by atoms with van der Waals surface area (Å²) in [6, 6.07) is 0. The first-order valence-electron chi connectivity index (χ1n) is 6.61. The highest BCUT2D eigenvalue weighted by molar-refractivity contribution is 7.09. The Morgan fingerprint density at radius 1 is 1.41 bits per heavy atom. The monoisotopic (exact) mass is 248 g/mol. The Morgan fingerprint density at radius 3 is 3.00 bits per heavy atom. The molecule has 1 aromatic heterocycles. The lowest BCUT2D eigenvalue weighted by molar-refractivity contribution is 0.416. The van der Waals surface area contributed by atoms with Gasteiger partial charge in [-0.25, -0.2) is 4.98 Å². The topological polar surface area (TPSA) is 24.9 Å². The Labute approximate surface area is 107 Å². The second kappa shape index (κ2) is 4.91. The molecule has 1 aromatic rings. The fourth-order valence-corrected chi connectivity index (χ4v) is 3.91. The highest BCUT2D eigenvalue weighted by Gasteiger charge is 2.34. The molecule has 0 aromatic carbocycles. The van der Waals surface area contributed by atoms with Gasteiger partial charge in [0.25, 0.3) is 0 Å². The standard InChI is InChI=1S/C14H20N2S/c1-10-9-17-14(16-10)4-5-15-8-13-7-11-2-3-12(13)6-11/h2-3,9,11-13,15H,4-8H2,1H3. The fraction of sp³-hybridized carbons (Fsp3) is 0.643. The average Bonchev–Trinajstić information content (AvgIpc) is 3.00. The molecule has 2 nitrogen and oxygen atoms in total. The molecule has 1 fully saturated rings. The van der Waals surface area contributed by atoms with Gasteiger partial charge in [-0.1, -0.05) is 12.2 Å². The van der Waals surface area contributed by atoms with Gasteiger partial charge in [0.05, 0.1) is 5.01 Å². The SMILES string of the molecule is Cc1csc(CCNCC2CC3C=CC2C3)n1. The highest BCUT2D eigenvalue weighted by atomic mass is 32.1. The van der Waals surface area contributed by atoms with Crippen LogP contribution in [0.15, 0.2) is 17.5 Å². The molecule has 2 bridgehead atoms. The Kier molecular flexibility index (Phi) is 3.30. The lowest BCUT2D eigenvalue weighted by Crippen LogP contribution is -2.27. The fourth-order valence-electron chi connectivity index (χ4n) is 3.13. The van der Waals surface area contributed by atoms with Crippen molar-refractivity contribution in [3.63, 3.8) is 0 Å². The van der Waals surface area contributed by atoms with Gasteiger partial charge >= 0.3 is 0 Å². The van der Waals surface area contributed by atoms with Crippen LogP contribution in [0, 0.1) is 24.7 Å². The van der Waals surface area contributed by atoms with Crippen molar-refractivity contribution in [1.82, 2.24) is 10.3 Å². The number of hydrogen-bond acceptors (Lipinski definition) is 3.